The van der Waals surface area contributed by atoms with E-state index in [2.05, 4.69) is 0 Å². The molecular formula is C22H30FN3O4. The van der Waals surface area contributed by atoms with Crippen LogP contribution in [-0.4, -0.2) is 59.8 Å². The molecule has 3 amide bonds. The first-order chi connectivity index (χ1) is 14.3. The molecule has 0 bridgehead atoms. The van der Waals surface area contributed by atoms with Crippen molar-refractivity contribution in [3.63, 3.8) is 0 Å². The van der Waals surface area contributed by atoms with Crippen molar-refractivity contribution in [3.05, 3.63) is 47.5 Å². The SMILES string of the molecule is CC1CC=C(F)C=C1N(CC1=CCC(C)(C(=O)NO)C=C1)C(=O)N1CCCOCC1. The minimum atomic E-state index is -0.846. The van der Waals surface area contributed by atoms with Gasteiger partial charge in [0.2, 0.25) is 0 Å². The van der Waals surface area contributed by atoms with Crippen molar-refractivity contribution in [1.29, 1.82) is 0 Å². The van der Waals surface area contributed by atoms with Crippen LogP contribution >= 0.6 is 0 Å². The van der Waals surface area contributed by atoms with Crippen LogP contribution in [0.4, 0.5) is 9.18 Å². The zero-order valence-electron chi connectivity index (χ0n) is 17.6. The quantitative estimate of drug-likeness (QED) is 0.541. The minimum absolute atomic E-state index is 0.00952. The highest BCUT2D eigenvalue weighted by Gasteiger charge is 2.33. The molecule has 1 heterocycles. The highest BCUT2D eigenvalue weighted by molar-refractivity contribution is 5.84. The van der Waals surface area contributed by atoms with Crippen molar-refractivity contribution < 1.29 is 23.9 Å². The number of amides is 3. The lowest BCUT2D eigenvalue weighted by Gasteiger charge is -2.35. The number of nitrogens with zero attached hydrogens (tertiary/aromatic N) is 2. The van der Waals surface area contributed by atoms with Crippen LogP contribution < -0.4 is 5.48 Å². The van der Waals surface area contributed by atoms with Crippen LogP contribution in [0.15, 0.2) is 47.5 Å². The van der Waals surface area contributed by atoms with Crippen molar-refractivity contribution in [1.82, 2.24) is 15.3 Å². The first-order valence-corrected chi connectivity index (χ1v) is 10.4. The van der Waals surface area contributed by atoms with Gasteiger partial charge < -0.3 is 9.64 Å². The molecule has 0 saturated carbocycles. The number of rotatable bonds is 4. The molecule has 1 aliphatic heterocycles. The summed E-state index contributed by atoms with van der Waals surface area (Å²) in [5.41, 5.74) is 2.37. The Morgan fingerprint density at radius 3 is 2.87 bits per heavy atom. The van der Waals surface area contributed by atoms with Crippen LogP contribution in [0.3, 0.4) is 0 Å². The molecule has 3 aliphatic rings. The van der Waals surface area contributed by atoms with Crippen LogP contribution in [0.2, 0.25) is 0 Å². The molecule has 1 saturated heterocycles. The Morgan fingerprint density at radius 1 is 1.37 bits per heavy atom. The van der Waals surface area contributed by atoms with Gasteiger partial charge in [0.1, 0.15) is 5.83 Å². The summed E-state index contributed by atoms with van der Waals surface area (Å²) >= 11 is 0. The standard InChI is InChI=1S/C22H30FN3O4/c1-16-4-5-18(23)14-19(16)26(21(28)25-10-3-12-30-13-11-25)15-17-6-8-22(2,9-7-17)20(27)24-29/h5-8,14,16,29H,3-4,9-13,15H2,1-2H3,(H,24,27). The predicted octanol–water partition coefficient (Wildman–Crippen LogP) is 3.31. The maximum absolute atomic E-state index is 14.1. The summed E-state index contributed by atoms with van der Waals surface area (Å²) < 4.78 is 19.5. The average molecular weight is 419 g/mol. The Morgan fingerprint density at radius 2 is 2.17 bits per heavy atom. The normalized spacial score (nSPS) is 26.9. The summed E-state index contributed by atoms with van der Waals surface area (Å²) in [6, 6.07) is -0.163. The third-order valence-electron chi connectivity index (χ3n) is 5.91. The molecule has 2 N–H and O–H groups in total. The van der Waals surface area contributed by atoms with Crippen molar-refractivity contribution in [2.75, 3.05) is 32.8 Å². The van der Waals surface area contributed by atoms with Gasteiger partial charge in [-0.05, 0) is 43.9 Å². The van der Waals surface area contributed by atoms with E-state index in [4.69, 9.17) is 9.94 Å². The van der Waals surface area contributed by atoms with Gasteiger partial charge in [-0.3, -0.25) is 14.9 Å². The van der Waals surface area contributed by atoms with Crippen molar-refractivity contribution in [3.8, 4) is 0 Å². The second-order valence-electron chi connectivity index (χ2n) is 8.29. The molecule has 164 valence electrons. The van der Waals surface area contributed by atoms with Crippen LogP contribution in [0, 0.1) is 11.3 Å². The molecule has 0 aromatic rings. The molecule has 2 unspecified atom stereocenters. The summed E-state index contributed by atoms with van der Waals surface area (Å²) in [5, 5.41) is 8.96. The Labute approximate surface area is 176 Å². The monoisotopic (exact) mass is 419 g/mol. The topological polar surface area (TPSA) is 82.1 Å². The van der Waals surface area contributed by atoms with Gasteiger partial charge in [0.15, 0.2) is 0 Å². The molecule has 3 rings (SSSR count). The van der Waals surface area contributed by atoms with E-state index in [1.54, 1.807) is 34.4 Å². The maximum Gasteiger partial charge on any atom is 0.324 e. The fourth-order valence-electron chi connectivity index (χ4n) is 3.84. The van der Waals surface area contributed by atoms with E-state index in [1.165, 1.54) is 12.2 Å². The molecule has 0 radical (unpaired) electrons. The smallest absolute Gasteiger partial charge is 0.324 e. The van der Waals surface area contributed by atoms with E-state index < -0.39 is 11.3 Å². The second kappa shape index (κ2) is 9.57. The Bertz CT molecular complexity index is 796. The number of ether oxygens (including phenoxy) is 1. The number of hydroxylamine groups is 1. The highest BCUT2D eigenvalue weighted by Crippen LogP contribution is 2.32. The maximum atomic E-state index is 14.1. The van der Waals surface area contributed by atoms with E-state index in [-0.39, 0.29) is 24.3 Å². The Hall–Kier alpha value is -2.45. The van der Waals surface area contributed by atoms with Gasteiger partial charge in [0, 0.05) is 31.3 Å². The number of urea groups is 1. The van der Waals surface area contributed by atoms with Crippen LogP contribution in [0.5, 0.6) is 0 Å². The third kappa shape index (κ3) is 4.99. The fraction of sp³-hybridized carbons (Fsp3) is 0.545. The van der Waals surface area contributed by atoms with Gasteiger partial charge >= 0.3 is 6.03 Å². The van der Waals surface area contributed by atoms with E-state index in [0.29, 0.717) is 44.8 Å². The molecule has 2 aliphatic carbocycles. The number of nitrogens with one attached hydrogen (secondary N) is 1. The van der Waals surface area contributed by atoms with Crippen LogP contribution in [0.25, 0.3) is 0 Å². The third-order valence-corrected chi connectivity index (χ3v) is 5.91. The first-order valence-electron chi connectivity index (χ1n) is 10.4. The predicted molar refractivity (Wildman–Crippen MR) is 110 cm³/mol. The Kier molecular flexibility index (Phi) is 7.10. The van der Waals surface area contributed by atoms with Gasteiger partial charge in [-0.1, -0.05) is 25.2 Å². The van der Waals surface area contributed by atoms with Gasteiger partial charge in [0.05, 0.1) is 18.6 Å². The van der Waals surface area contributed by atoms with E-state index in [0.717, 1.165) is 12.0 Å². The lowest BCUT2D eigenvalue weighted by molar-refractivity contribution is -0.136. The zero-order valence-corrected chi connectivity index (χ0v) is 17.6. The van der Waals surface area contributed by atoms with Crippen LogP contribution in [0.1, 0.15) is 33.1 Å². The number of allylic oxidation sites excluding steroid dienone is 5. The van der Waals surface area contributed by atoms with Gasteiger partial charge in [-0.25, -0.2) is 14.7 Å². The highest BCUT2D eigenvalue weighted by atomic mass is 19.1. The minimum Gasteiger partial charge on any atom is -0.380 e. The van der Waals surface area contributed by atoms with E-state index >= 15 is 0 Å². The average Bonchev–Trinajstić information content (AvgIpc) is 3.04. The van der Waals surface area contributed by atoms with Gasteiger partial charge in [-0.2, -0.15) is 0 Å². The molecule has 0 aromatic carbocycles. The molecule has 30 heavy (non-hydrogen) atoms. The molecule has 8 heteroatoms. The van der Waals surface area contributed by atoms with E-state index in [1.807, 2.05) is 13.0 Å². The molecule has 2 atom stereocenters. The molecular weight excluding hydrogens is 389 g/mol. The number of carbonyl (C=O) groups is 2. The van der Waals surface area contributed by atoms with Gasteiger partial charge in [-0.15, -0.1) is 0 Å². The lowest BCUT2D eigenvalue weighted by atomic mass is 9.81. The summed E-state index contributed by atoms with van der Waals surface area (Å²) in [6.07, 6.45) is 10.1. The second-order valence-corrected chi connectivity index (χ2v) is 8.29. The number of carbonyl (C=O) groups excluding carboxylic acids is 2. The van der Waals surface area contributed by atoms with Crippen LogP contribution in [-0.2, 0) is 9.53 Å². The van der Waals surface area contributed by atoms with Crippen molar-refractivity contribution >= 4 is 11.9 Å². The first kappa shape index (κ1) is 22.2. The largest absolute Gasteiger partial charge is 0.380 e. The summed E-state index contributed by atoms with van der Waals surface area (Å²) in [5.74, 6) is -0.807. The summed E-state index contributed by atoms with van der Waals surface area (Å²) in [4.78, 5) is 28.7. The van der Waals surface area contributed by atoms with E-state index in [9.17, 15) is 14.0 Å². The van der Waals surface area contributed by atoms with Gasteiger partial charge in [0.25, 0.3) is 5.91 Å². The van der Waals surface area contributed by atoms with Crippen molar-refractivity contribution in [2.24, 2.45) is 11.3 Å². The number of hydrogen-bond acceptors (Lipinski definition) is 4. The fourth-order valence-corrected chi connectivity index (χ4v) is 3.84. The van der Waals surface area contributed by atoms with Crippen molar-refractivity contribution in [2.45, 2.75) is 33.1 Å². The lowest BCUT2D eigenvalue weighted by Crippen LogP contribution is -2.46. The molecule has 0 spiro atoms. The number of halogens is 1. The number of hydrogen-bond donors (Lipinski definition) is 2. The summed E-state index contributed by atoms with van der Waals surface area (Å²) in [6.45, 7) is 6.20. The molecule has 7 nitrogen and oxygen atoms in total. The molecule has 0 aromatic heterocycles. The molecule has 1 fully saturated rings. The Balaban J connectivity index is 1.83. The summed E-state index contributed by atoms with van der Waals surface area (Å²) in [7, 11) is 0. The zero-order chi connectivity index (χ0) is 21.7.